The second-order valence-corrected chi connectivity index (χ2v) is 7.80. The van der Waals surface area contributed by atoms with E-state index in [1.165, 1.54) is 0 Å². The fraction of sp³-hybridized carbons (Fsp3) is 0.400. The molecule has 1 aromatic carbocycles. The molecule has 2 N–H and O–H groups in total. The van der Waals surface area contributed by atoms with Crippen molar-refractivity contribution < 1.29 is 19.1 Å². The first-order valence-electron chi connectivity index (χ1n) is 8.60. The summed E-state index contributed by atoms with van der Waals surface area (Å²) in [6.45, 7) is 5.93. The van der Waals surface area contributed by atoms with Crippen molar-refractivity contribution in [2.75, 3.05) is 6.61 Å². The molecular weight excluding hydrogens is 354 g/mol. The summed E-state index contributed by atoms with van der Waals surface area (Å²) >= 11 is 6.15. The molecule has 138 valence electrons. The number of Topliss-reactive ketones (excluding diaryl/α,β-unsaturated/α-hetero) is 1. The van der Waals surface area contributed by atoms with E-state index in [0.29, 0.717) is 34.8 Å². The number of carbonyl (C=O) groups is 2. The number of nitrogens with two attached hydrogens (primary N) is 1. The van der Waals surface area contributed by atoms with Crippen LogP contribution in [-0.4, -0.2) is 18.4 Å². The Morgan fingerprint density at radius 2 is 2.12 bits per heavy atom. The van der Waals surface area contributed by atoms with E-state index >= 15 is 0 Å². The van der Waals surface area contributed by atoms with Gasteiger partial charge in [0.2, 0.25) is 5.88 Å². The van der Waals surface area contributed by atoms with Gasteiger partial charge in [0.15, 0.2) is 5.78 Å². The van der Waals surface area contributed by atoms with Gasteiger partial charge in [-0.2, -0.15) is 0 Å². The maximum Gasteiger partial charge on any atom is 0.340 e. The van der Waals surface area contributed by atoms with Crippen LogP contribution in [0.2, 0.25) is 5.02 Å². The predicted octanol–water partition coefficient (Wildman–Crippen LogP) is 3.83. The van der Waals surface area contributed by atoms with Crippen molar-refractivity contribution in [3.05, 3.63) is 57.6 Å². The van der Waals surface area contributed by atoms with E-state index in [1.54, 1.807) is 25.1 Å². The molecule has 1 aliphatic heterocycles. The van der Waals surface area contributed by atoms with Gasteiger partial charge in [-0.05, 0) is 30.0 Å². The standard InChI is InChI=1S/C20H22ClNO4/c1-4-25-19(24)17-15(11-6-5-7-12(21)8-11)16-13(23)9-20(2,3)10-14(16)26-18(17)22/h5-8,15H,4,9-10,22H2,1-3H3/t15-/m1/s1. The second-order valence-electron chi connectivity index (χ2n) is 7.37. The van der Waals surface area contributed by atoms with Crippen molar-refractivity contribution in [3.63, 3.8) is 0 Å². The van der Waals surface area contributed by atoms with E-state index in [4.69, 9.17) is 26.8 Å². The molecule has 0 saturated heterocycles. The zero-order valence-corrected chi connectivity index (χ0v) is 15.9. The van der Waals surface area contributed by atoms with Crippen LogP contribution in [0.3, 0.4) is 0 Å². The van der Waals surface area contributed by atoms with Crippen molar-refractivity contribution in [3.8, 4) is 0 Å². The lowest BCUT2D eigenvalue weighted by Crippen LogP contribution is -2.35. The third kappa shape index (κ3) is 3.36. The SMILES string of the molecule is CCOC(=O)C1=C(N)OC2=C(C(=O)CC(C)(C)C2)[C@H]1c1cccc(Cl)c1. The summed E-state index contributed by atoms with van der Waals surface area (Å²) in [5, 5.41) is 0.515. The molecule has 6 heteroatoms. The lowest BCUT2D eigenvalue weighted by atomic mass is 9.70. The van der Waals surface area contributed by atoms with Gasteiger partial charge < -0.3 is 15.2 Å². The quantitative estimate of drug-likeness (QED) is 0.812. The van der Waals surface area contributed by atoms with Crippen LogP contribution in [-0.2, 0) is 19.1 Å². The van der Waals surface area contributed by atoms with E-state index in [1.807, 2.05) is 19.9 Å². The largest absolute Gasteiger partial charge is 0.462 e. The maximum absolute atomic E-state index is 13.0. The number of esters is 1. The van der Waals surface area contributed by atoms with Gasteiger partial charge in [-0.25, -0.2) is 4.79 Å². The van der Waals surface area contributed by atoms with E-state index < -0.39 is 11.9 Å². The number of benzene rings is 1. The normalized spacial score (nSPS) is 22.0. The minimum absolute atomic E-state index is 0.0160. The number of ketones is 1. The van der Waals surface area contributed by atoms with Crippen LogP contribution in [0.1, 0.15) is 45.1 Å². The summed E-state index contributed by atoms with van der Waals surface area (Å²) < 4.78 is 10.9. The molecular formula is C20H22ClNO4. The average Bonchev–Trinajstić information content (AvgIpc) is 2.52. The highest BCUT2D eigenvalue weighted by Crippen LogP contribution is 2.48. The summed E-state index contributed by atoms with van der Waals surface area (Å²) in [5.41, 5.74) is 7.21. The second kappa shape index (κ2) is 6.80. The zero-order valence-electron chi connectivity index (χ0n) is 15.1. The number of rotatable bonds is 3. The molecule has 1 aromatic rings. The van der Waals surface area contributed by atoms with Crippen molar-refractivity contribution in [2.45, 2.75) is 39.5 Å². The Bertz CT molecular complexity index is 838. The number of hydrogen-bond donors (Lipinski definition) is 1. The van der Waals surface area contributed by atoms with Crippen molar-refractivity contribution in [2.24, 2.45) is 11.1 Å². The monoisotopic (exact) mass is 375 g/mol. The molecule has 3 rings (SSSR count). The molecule has 26 heavy (non-hydrogen) atoms. The van der Waals surface area contributed by atoms with Crippen LogP contribution in [0.25, 0.3) is 0 Å². The first-order chi connectivity index (χ1) is 12.2. The van der Waals surface area contributed by atoms with Gasteiger partial charge in [0.1, 0.15) is 11.3 Å². The van der Waals surface area contributed by atoms with Gasteiger partial charge in [-0.3, -0.25) is 4.79 Å². The highest BCUT2D eigenvalue weighted by Gasteiger charge is 2.45. The molecule has 2 aliphatic rings. The van der Waals surface area contributed by atoms with E-state index in [9.17, 15) is 9.59 Å². The van der Waals surface area contributed by atoms with Gasteiger partial charge in [-0.15, -0.1) is 0 Å². The Morgan fingerprint density at radius 3 is 2.77 bits per heavy atom. The minimum atomic E-state index is -0.639. The van der Waals surface area contributed by atoms with E-state index in [2.05, 4.69) is 0 Å². The fourth-order valence-electron chi connectivity index (χ4n) is 3.61. The predicted molar refractivity (Wildman–Crippen MR) is 98.2 cm³/mol. The summed E-state index contributed by atoms with van der Waals surface area (Å²) in [4.78, 5) is 25.5. The highest BCUT2D eigenvalue weighted by molar-refractivity contribution is 6.30. The molecule has 0 amide bonds. The molecule has 0 bridgehead atoms. The van der Waals surface area contributed by atoms with Crippen molar-refractivity contribution in [1.82, 2.24) is 0 Å². The molecule has 1 aliphatic carbocycles. The number of hydrogen-bond acceptors (Lipinski definition) is 5. The Hall–Kier alpha value is -2.27. The van der Waals surface area contributed by atoms with Crippen LogP contribution < -0.4 is 5.73 Å². The first kappa shape index (κ1) is 18.5. The lowest BCUT2D eigenvalue weighted by Gasteiger charge is -2.38. The van der Waals surface area contributed by atoms with Crippen LogP contribution in [0, 0.1) is 5.41 Å². The molecule has 0 saturated carbocycles. The fourth-order valence-corrected chi connectivity index (χ4v) is 3.81. The third-order valence-corrected chi connectivity index (χ3v) is 4.87. The lowest BCUT2D eigenvalue weighted by molar-refractivity contribution is -0.139. The van der Waals surface area contributed by atoms with Gasteiger partial charge in [0.05, 0.1) is 12.5 Å². The molecule has 0 unspecified atom stereocenters. The smallest absolute Gasteiger partial charge is 0.340 e. The van der Waals surface area contributed by atoms with Crippen LogP contribution >= 0.6 is 11.6 Å². The molecule has 0 radical (unpaired) electrons. The van der Waals surface area contributed by atoms with Gasteiger partial charge >= 0.3 is 5.97 Å². The highest BCUT2D eigenvalue weighted by atomic mass is 35.5. The van der Waals surface area contributed by atoms with Gasteiger partial charge in [-0.1, -0.05) is 37.6 Å². The van der Waals surface area contributed by atoms with E-state index in [0.717, 1.165) is 0 Å². The number of carbonyl (C=O) groups excluding carboxylic acids is 2. The molecule has 0 aromatic heterocycles. The topological polar surface area (TPSA) is 78.6 Å². The molecule has 1 atom stereocenters. The summed E-state index contributed by atoms with van der Waals surface area (Å²) in [5.74, 6) is -0.755. The summed E-state index contributed by atoms with van der Waals surface area (Å²) in [6.07, 6.45) is 0.949. The van der Waals surface area contributed by atoms with Crippen LogP contribution in [0.5, 0.6) is 0 Å². The maximum atomic E-state index is 13.0. The zero-order chi connectivity index (χ0) is 19.1. The number of halogens is 1. The van der Waals surface area contributed by atoms with Crippen LogP contribution in [0.4, 0.5) is 0 Å². The average molecular weight is 376 g/mol. The Morgan fingerprint density at radius 1 is 1.38 bits per heavy atom. The van der Waals surface area contributed by atoms with Gasteiger partial charge in [0, 0.05) is 23.4 Å². The van der Waals surface area contributed by atoms with E-state index in [-0.39, 0.29) is 29.3 Å². The Kier molecular flexibility index (Phi) is 4.84. The van der Waals surface area contributed by atoms with Crippen LogP contribution in [0.15, 0.2) is 47.1 Å². The first-order valence-corrected chi connectivity index (χ1v) is 8.97. The number of allylic oxidation sites excluding steroid dienone is 2. The number of ether oxygens (including phenoxy) is 2. The van der Waals surface area contributed by atoms with Crippen molar-refractivity contribution in [1.29, 1.82) is 0 Å². The molecule has 1 heterocycles. The molecule has 0 spiro atoms. The summed E-state index contributed by atoms with van der Waals surface area (Å²) in [7, 11) is 0. The molecule has 0 fully saturated rings. The Balaban J connectivity index is 2.18. The van der Waals surface area contributed by atoms with Crippen molar-refractivity contribution >= 4 is 23.4 Å². The van der Waals surface area contributed by atoms with Gasteiger partial charge in [0.25, 0.3) is 0 Å². The Labute approximate surface area is 157 Å². The minimum Gasteiger partial charge on any atom is -0.462 e. The molecule has 5 nitrogen and oxygen atoms in total. The summed E-state index contributed by atoms with van der Waals surface area (Å²) in [6, 6.07) is 7.08. The third-order valence-electron chi connectivity index (χ3n) is 4.63.